The SMILES string of the molecule is C#CCN(Cc1ccc(C)cc1)C(=O)CN1C(=O)c2cccc([N+](=O)[O-])c2C1=O. The number of terminal acetylenes is 1. The molecule has 1 aliphatic heterocycles. The molecule has 2 aromatic rings. The third kappa shape index (κ3) is 3.84. The number of aryl methyl sites for hydroxylation is 1. The highest BCUT2D eigenvalue weighted by molar-refractivity contribution is 6.24. The van der Waals surface area contributed by atoms with E-state index in [-0.39, 0.29) is 24.2 Å². The van der Waals surface area contributed by atoms with E-state index in [9.17, 15) is 24.5 Å². The van der Waals surface area contributed by atoms with Crippen LogP contribution in [0, 0.1) is 29.4 Å². The Balaban J connectivity index is 1.81. The summed E-state index contributed by atoms with van der Waals surface area (Å²) in [6, 6.07) is 11.3. The van der Waals surface area contributed by atoms with Crippen molar-refractivity contribution in [1.29, 1.82) is 0 Å². The molecule has 8 heteroatoms. The van der Waals surface area contributed by atoms with Gasteiger partial charge in [-0.15, -0.1) is 6.42 Å². The summed E-state index contributed by atoms with van der Waals surface area (Å²) < 4.78 is 0. The lowest BCUT2D eigenvalue weighted by Gasteiger charge is -2.23. The summed E-state index contributed by atoms with van der Waals surface area (Å²) in [5.74, 6) is 0.272. The second kappa shape index (κ2) is 7.94. The average molecular weight is 391 g/mol. The Morgan fingerprint density at radius 1 is 1.17 bits per heavy atom. The highest BCUT2D eigenvalue weighted by atomic mass is 16.6. The Hall–Kier alpha value is -3.99. The standard InChI is InChI=1S/C21H17N3O5/c1-3-11-22(12-15-9-7-14(2)8-10-15)18(25)13-23-20(26)16-5-4-6-17(24(28)29)19(16)21(23)27/h1,4-10H,11-13H2,2H3. The molecule has 8 nitrogen and oxygen atoms in total. The molecule has 29 heavy (non-hydrogen) atoms. The predicted molar refractivity (Wildman–Crippen MR) is 104 cm³/mol. The van der Waals surface area contributed by atoms with Crippen molar-refractivity contribution < 1.29 is 19.3 Å². The Morgan fingerprint density at radius 3 is 2.48 bits per heavy atom. The van der Waals surface area contributed by atoms with Gasteiger partial charge in [-0.3, -0.25) is 29.4 Å². The molecule has 0 saturated heterocycles. The number of fused-ring (bicyclic) bond motifs is 1. The molecule has 0 aromatic heterocycles. The molecule has 2 aromatic carbocycles. The number of imide groups is 1. The number of carbonyl (C=O) groups excluding carboxylic acids is 3. The zero-order chi connectivity index (χ0) is 21.1. The highest BCUT2D eigenvalue weighted by Crippen LogP contribution is 2.30. The molecule has 0 fully saturated rings. The van der Waals surface area contributed by atoms with Crippen LogP contribution in [-0.4, -0.2) is 45.5 Å². The van der Waals surface area contributed by atoms with Crippen LogP contribution in [-0.2, 0) is 11.3 Å². The summed E-state index contributed by atoms with van der Waals surface area (Å²) in [6.07, 6.45) is 5.36. The fourth-order valence-electron chi connectivity index (χ4n) is 3.10. The lowest BCUT2D eigenvalue weighted by atomic mass is 10.1. The fraction of sp³-hybridized carbons (Fsp3) is 0.190. The van der Waals surface area contributed by atoms with Gasteiger partial charge in [0, 0.05) is 12.6 Å². The van der Waals surface area contributed by atoms with Gasteiger partial charge in [0.15, 0.2) is 0 Å². The highest BCUT2D eigenvalue weighted by Gasteiger charge is 2.42. The summed E-state index contributed by atoms with van der Waals surface area (Å²) in [7, 11) is 0. The summed E-state index contributed by atoms with van der Waals surface area (Å²) >= 11 is 0. The van der Waals surface area contributed by atoms with Crippen LogP contribution in [0.5, 0.6) is 0 Å². The van der Waals surface area contributed by atoms with Crippen LogP contribution < -0.4 is 0 Å². The number of hydrogen-bond donors (Lipinski definition) is 0. The minimum atomic E-state index is -0.860. The Labute approximate surface area is 166 Å². The van der Waals surface area contributed by atoms with Crippen LogP contribution >= 0.6 is 0 Å². The maximum Gasteiger partial charge on any atom is 0.282 e. The van der Waals surface area contributed by atoms with Gasteiger partial charge in [-0.1, -0.05) is 41.8 Å². The van der Waals surface area contributed by atoms with E-state index in [4.69, 9.17) is 6.42 Å². The van der Waals surface area contributed by atoms with Crippen molar-refractivity contribution in [2.24, 2.45) is 0 Å². The number of nitrogens with zero attached hydrogens (tertiary/aromatic N) is 3. The molecule has 3 rings (SSSR count). The number of rotatable bonds is 6. The zero-order valence-corrected chi connectivity index (χ0v) is 15.6. The first-order valence-corrected chi connectivity index (χ1v) is 8.74. The fourth-order valence-corrected chi connectivity index (χ4v) is 3.10. The summed E-state index contributed by atoms with van der Waals surface area (Å²) in [5, 5.41) is 11.2. The quantitative estimate of drug-likeness (QED) is 0.325. The van der Waals surface area contributed by atoms with Crippen molar-refractivity contribution in [3.05, 3.63) is 74.8 Å². The largest absolute Gasteiger partial charge is 0.326 e. The minimum absolute atomic E-state index is 0.00394. The van der Waals surface area contributed by atoms with Gasteiger partial charge in [-0.2, -0.15) is 0 Å². The third-order valence-electron chi connectivity index (χ3n) is 4.60. The van der Waals surface area contributed by atoms with Gasteiger partial charge >= 0.3 is 0 Å². The molecule has 0 bridgehead atoms. The predicted octanol–water partition coefficient (Wildman–Crippen LogP) is 2.16. The van der Waals surface area contributed by atoms with Crippen molar-refractivity contribution in [2.45, 2.75) is 13.5 Å². The van der Waals surface area contributed by atoms with Gasteiger partial charge < -0.3 is 4.90 Å². The van der Waals surface area contributed by atoms with E-state index in [1.54, 1.807) is 0 Å². The van der Waals surface area contributed by atoms with Crippen LogP contribution in [0.25, 0.3) is 0 Å². The van der Waals surface area contributed by atoms with Crippen LogP contribution in [0.15, 0.2) is 42.5 Å². The van der Waals surface area contributed by atoms with Crippen molar-refractivity contribution in [1.82, 2.24) is 9.80 Å². The van der Waals surface area contributed by atoms with E-state index in [2.05, 4.69) is 5.92 Å². The van der Waals surface area contributed by atoms with Crippen LogP contribution in [0.1, 0.15) is 31.8 Å². The molecule has 1 heterocycles. The Bertz CT molecular complexity index is 1050. The minimum Gasteiger partial charge on any atom is -0.326 e. The van der Waals surface area contributed by atoms with E-state index in [1.165, 1.54) is 17.0 Å². The summed E-state index contributed by atoms with van der Waals surface area (Å²) in [6.45, 7) is 1.61. The number of nitro benzene ring substituents is 1. The van der Waals surface area contributed by atoms with Crippen LogP contribution in [0.2, 0.25) is 0 Å². The van der Waals surface area contributed by atoms with Crippen LogP contribution in [0.4, 0.5) is 5.69 Å². The normalized spacial score (nSPS) is 12.5. The van der Waals surface area contributed by atoms with E-state index < -0.39 is 34.9 Å². The molecule has 146 valence electrons. The van der Waals surface area contributed by atoms with Crippen molar-refractivity contribution in [2.75, 3.05) is 13.1 Å². The molecule has 0 N–H and O–H groups in total. The van der Waals surface area contributed by atoms with E-state index in [0.29, 0.717) is 0 Å². The smallest absolute Gasteiger partial charge is 0.282 e. The number of benzene rings is 2. The first kappa shape index (κ1) is 19.8. The number of hydrogen-bond acceptors (Lipinski definition) is 5. The van der Waals surface area contributed by atoms with Gasteiger partial charge in [0.05, 0.1) is 17.0 Å². The molecule has 1 aliphatic rings. The monoisotopic (exact) mass is 391 g/mol. The second-order valence-electron chi connectivity index (χ2n) is 6.59. The first-order chi connectivity index (χ1) is 13.8. The number of amides is 3. The molecule has 0 aliphatic carbocycles. The molecule has 0 spiro atoms. The van der Waals surface area contributed by atoms with E-state index >= 15 is 0 Å². The molecular weight excluding hydrogens is 374 g/mol. The van der Waals surface area contributed by atoms with E-state index in [0.717, 1.165) is 22.1 Å². The first-order valence-electron chi connectivity index (χ1n) is 8.74. The molecule has 0 saturated carbocycles. The lowest BCUT2D eigenvalue weighted by Crippen LogP contribution is -2.42. The van der Waals surface area contributed by atoms with Crippen molar-refractivity contribution >= 4 is 23.4 Å². The summed E-state index contributed by atoms with van der Waals surface area (Å²) in [4.78, 5) is 50.5. The van der Waals surface area contributed by atoms with Crippen molar-refractivity contribution in [3.8, 4) is 12.3 Å². The summed E-state index contributed by atoms with van der Waals surface area (Å²) in [5.41, 5.74) is 1.07. The van der Waals surface area contributed by atoms with Gasteiger partial charge in [-0.25, -0.2) is 0 Å². The Morgan fingerprint density at radius 2 is 1.86 bits per heavy atom. The average Bonchev–Trinajstić information content (AvgIpc) is 2.94. The zero-order valence-electron chi connectivity index (χ0n) is 15.6. The maximum atomic E-state index is 12.8. The number of nitro groups is 1. The molecule has 0 atom stereocenters. The second-order valence-corrected chi connectivity index (χ2v) is 6.59. The van der Waals surface area contributed by atoms with Crippen molar-refractivity contribution in [3.63, 3.8) is 0 Å². The van der Waals surface area contributed by atoms with Gasteiger partial charge in [0.2, 0.25) is 5.91 Å². The molecule has 3 amide bonds. The third-order valence-corrected chi connectivity index (χ3v) is 4.60. The van der Waals surface area contributed by atoms with Gasteiger partial charge in [0.25, 0.3) is 17.5 Å². The van der Waals surface area contributed by atoms with Gasteiger partial charge in [-0.05, 0) is 18.6 Å². The van der Waals surface area contributed by atoms with Gasteiger partial charge in [0.1, 0.15) is 12.1 Å². The maximum absolute atomic E-state index is 12.8. The topological polar surface area (TPSA) is 101 Å². The number of carbonyl (C=O) groups is 3. The van der Waals surface area contributed by atoms with Crippen LogP contribution in [0.3, 0.4) is 0 Å². The molecule has 0 radical (unpaired) electrons. The Kier molecular flexibility index (Phi) is 5.41. The molecular formula is C21H17N3O5. The van der Waals surface area contributed by atoms with E-state index in [1.807, 2.05) is 31.2 Å². The lowest BCUT2D eigenvalue weighted by molar-refractivity contribution is -0.385. The molecule has 0 unspecified atom stereocenters.